The van der Waals surface area contributed by atoms with Crippen LogP contribution in [0.5, 0.6) is 0 Å². The Bertz CT molecular complexity index is 1060. The molecule has 3 aromatic rings. The normalized spacial score (nSPS) is 18.9. The summed E-state index contributed by atoms with van der Waals surface area (Å²) in [6.07, 6.45) is 1.61. The fraction of sp³-hybridized carbons (Fsp3) is 0.192. The summed E-state index contributed by atoms with van der Waals surface area (Å²) in [6.45, 7) is 1.99. The molecular weight excluding hydrogens is 392 g/mol. The largest absolute Gasteiger partial charge is 0.511 e. The SMILES string of the molecule is Cc1ccccc1SC1=C(O)CC(CCc2ccccc2)(c2ccccc2)OC1=O. The van der Waals surface area contributed by atoms with Crippen LogP contribution in [0.3, 0.4) is 0 Å². The van der Waals surface area contributed by atoms with Gasteiger partial charge in [-0.1, -0.05) is 90.6 Å². The molecule has 0 radical (unpaired) electrons. The Balaban J connectivity index is 1.66. The molecule has 0 aliphatic carbocycles. The lowest BCUT2D eigenvalue weighted by Gasteiger charge is -2.37. The molecule has 3 aromatic carbocycles. The molecule has 0 fully saturated rings. The van der Waals surface area contributed by atoms with E-state index in [4.69, 9.17) is 4.74 Å². The van der Waals surface area contributed by atoms with Gasteiger partial charge in [-0.3, -0.25) is 0 Å². The Labute approximate surface area is 181 Å². The van der Waals surface area contributed by atoms with Gasteiger partial charge >= 0.3 is 5.97 Å². The zero-order chi connectivity index (χ0) is 21.0. The minimum Gasteiger partial charge on any atom is -0.511 e. The highest BCUT2D eigenvalue weighted by molar-refractivity contribution is 8.04. The third-order valence-electron chi connectivity index (χ3n) is 5.45. The van der Waals surface area contributed by atoms with E-state index >= 15 is 0 Å². The number of benzene rings is 3. The molecule has 0 amide bonds. The number of cyclic esters (lactones) is 1. The number of aryl methyl sites for hydroxylation is 2. The average Bonchev–Trinajstić information content (AvgIpc) is 2.77. The number of carbonyl (C=O) groups excluding carboxylic acids is 1. The quantitative estimate of drug-likeness (QED) is 0.477. The van der Waals surface area contributed by atoms with Crippen molar-refractivity contribution in [2.75, 3.05) is 0 Å². The number of hydrogen-bond donors (Lipinski definition) is 1. The van der Waals surface area contributed by atoms with Gasteiger partial charge in [-0.2, -0.15) is 0 Å². The number of hydrogen-bond acceptors (Lipinski definition) is 4. The van der Waals surface area contributed by atoms with Crippen LogP contribution in [0, 0.1) is 6.92 Å². The standard InChI is InChI=1S/C26H24O3S/c1-19-10-8-9-15-23(19)30-24-22(27)18-26(29-25(24)28,21-13-6-3-7-14-21)17-16-20-11-4-2-5-12-20/h2-15,27H,16-18H2,1H3. The highest BCUT2D eigenvalue weighted by Gasteiger charge is 2.43. The summed E-state index contributed by atoms with van der Waals surface area (Å²) < 4.78 is 6.10. The van der Waals surface area contributed by atoms with E-state index in [0.717, 1.165) is 22.4 Å². The van der Waals surface area contributed by atoms with Crippen molar-refractivity contribution >= 4 is 17.7 Å². The molecule has 0 spiro atoms. The van der Waals surface area contributed by atoms with Crippen LogP contribution in [-0.2, 0) is 21.6 Å². The van der Waals surface area contributed by atoms with Crippen LogP contribution in [0.15, 0.2) is 100 Å². The summed E-state index contributed by atoms with van der Waals surface area (Å²) in [5.41, 5.74) is 2.25. The van der Waals surface area contributed by atoms with Gasteiger partial charge < -0.3 is 9.84 Å². The molecule has 1 aliphatic heterocycles. The molecule has 1 heterocycles. The van der Waals surface area contributed by atoms with Crippen LogP contribution in [0.2, 0.25) is 0 Å². The molecule has 1 aliphatic rings. The Kier molecular flexibility index (Phi) is 5.96. The lowest BCUT2D eigenvalue weighted by molar-refractivity contribution is -0.160. The van der Waals surface area contributed by atoms with E-state index in [9.17, 15) is 9.90 Å². The van der Waals surface area contributed by atoms with Crippen LogP contribution < -0.4 is 0 Å². The van der Waals surface area contributed by atoms with Crippen molar-refractivity contribution in [3.8, 4) is 0 Å². The van der Waals surface area contributed by atoms with E-state index in [0.29, 0.717) is 6.42 Å². The van der Waals surface area contributed by atoms with Gasteiger partial charge in [0.2, 0.25) is 0 Å². The van der Waals surface area contributed by atoms with Crippen molar-refractivity contribution < 1.29 is 14.6 Å². The van der Waals surface area contributed by atoms with Crippen molar-refractivity contribution in [1.29, 1.82) is 0 Å². The second kappa shape index (κ2) is 8.80. The van der Waals surface area contributed by atoms with E-state index in [1.54, 1.807) is 0 Å². The van der Waals surface area contributed by atoms with Crippen LogP contribution in [0.4, 0.5) is 0 Å². The predicted octanol–water partition coefficient (Wildman–Crippen LogP) is 6.33. The van der Waals surface area contributed by atoms with E-state index in [2.05, 4.69) is 12.1 Å². The van der Waals surface area contributed by atoms with Gasteiger partial charge in [0.05, 0.1) is 6.42 Å². The summed E-state index contributed by atoms with van der Waals surface area (Å²) in [6, 6.07) is 27.7. The molecular formula is C26H24O3S. The van der Waals surface area contributed by atoms with Crippen LogP contribution in [0.1, 0.15) is 29.5 Å². The molecule has 30 heavy (non-hydrogen) atoms. The molecule has 0 saturated heterocycles. The second-order valence-electron chi connectivity index (χ2n) is 7.56. The van der Waals surface area contributed by atoms with Gasteiger partial charge in [-0.25, -0.2) is 4.79 Å². The fourth-order valence-electron chi connectivity index (χ4n) is 3.79. The lowest BCUT2D eigenvalue weighted by Crippen LogP contribution is -2.38. The number of ether oxygens (including phenoxy) is 1. The maximum Gasteiger partial charge on any atom is 0.349 e. The number of thioether (sulfide) groups is 1. The summed E-state index contributed by atoms with van der Waals surface area (Å²) in [4.78, 5) is 14.3. The van der Waals surface area contributed by atoms with Gasteiger partial charge in [-0.05, 0) is 42.5 Å². The Morgan fingerprint density at radius 1 is 0.933 bits per heavy atom. The molecule has 3 nitrogen and oxygen atoms in total. The minimum absolute atomic E-state index is 0.0939. The monoisotopic (exact) mass is 416 g/mol. The summed E-state index contributed by atoms with van der Waals surface area (Å²) >= 11 is 1.27. The number of aliphatic hydroxyl groups is 1. The lowest BCUT2D eigenvalue weighted by atomic mass is 9.82. The van der Waals surface area contributed by atoms with Gasteiger partial charge in [0.1, 0.15) is 16.3 Å². The van der Waals surface area contributed by atoms with Crippen molar-refractivity contribution in [3.05, 3.63) is 112 Å². The number of aliphatic hydroxyl groups excluding tert-OH is 1. The van der Waals surface area contributed by atoms with Crippen molar-refractivity contribution in [1.82, 2.24) is 0 Å². The van der Waals surface area contributed by atoms with E-state index in [1.807, 2.05) is 79.7 Å². The van der Waals surface area contributed by atoms with E-state index in [1.165, 1.54) is 17.3 Å². The number of esters is 1. The first-order chi connectivity index (χ1) is 14.6. The van der Waals surface area contributed by atoms with Crippen LogP contribution in [-0.4, -0.2) is 11.1 Å². The number of carbonyl (C=O) groups is 1. The first-order valence-electron chi connectivity index (χ1n) is 10.1. The fourth-order valence-corrected chi connectivity index (χ4v) is 4.70. The Morgan fingerprint density at radius 3 is 2.23 bits per heavy atom. The van der Waals surface area contributed by atoms with Gasteiger partial charge in [-0.15, -0.1) is 0 Å². The highest BCUT2D eigenvalue weighted by atomic mass is 32.2. The Hall–Kier alpha value is -2.98. The summed E-state index contributed by atoms with van der Waals surface area (Å²) in [7, 11) is 0. The first-order valence-corrected chi connectivity index (χ1v) is 10.9. The molecule has 1 unspecified atom stereocenters. The van der Waals surface area contributed by atoms with Crippen molar-refractivity contribution in [3.63, 3.8) is 0 Å². The van der Waals surface area contributed by atoms with E-state index < -0.39 is 11.6 Å². The van der Waals surface area contributed by atoms with Gasteiger partial charge in [0, 0.05) is 4.90 Å². The smallest absolute Gasteiger partial charge is 0.349 e. The van der Waals surface area contributed by atoms with Crippen molar-refractivity contribution in [2.45, 2.75) is 36.7 Å². The van der Waals surface area contributed by atoms with Gasteiger partial charge in [0.15, 0.2) is 0 Å². The van der Waals surface area contributed by atoms with Gasteiger partial charge in [0.25, 0.3) is 0 Å². The summed E-state index contributed by atoms with van der Waals surface area (Å²) in [5.74, 6) is -0.375. The molecule has 4 heteroatoms. The third kappa shape index (κ3) is 4.29. The first kappa shape index (κ1) is 20.3. The van der Waals surface area contributed by atoms with Crippen LogP contribution >= 0.6 is 11.8 Å². The molecule has 0 bridgehead atoms. The zero-order valence-corrected chi connectivity index (χ0v) is 17.7. The highest BCUT2D eigenvalue weighted by Crippen LogP contribution is 2.45. The minimum atomic E-state index is -0.881. The van der Waals surface area contributed by atoms with Crippen molar-refractivity contribution in [2.24, 2.45) is 0 Å². The second-order valence-corrected chi connectivity index (χ2v) is 8.61. The predicted molar refractivity (Wildman–Crippen MR) is 120 cm³/mol. The molecule has 152 valence electrons. The maximum atomic E-state index is 13.1. The van der Waals surface area contributed by atoms with Crippen LogP contribution in [0.25, 0.3) is 0 Å². The average molecular weight is 417 g/mol. The van der Waals surface area contributed by atoms with E-state index in [-0.39, 0.29) is 17.1 Å². The summed E-state index contributed by atoms with van der Waals surface area (Å²) in [5, 5.41) is 10.9. The Morgan fingerprint density at radius 2 is 1.57 bits per heavy atom. The molecule has 0 aromatic heterocycles. The molecule has 1 atom stereocenters. The zero-order valence-electron chi connectivity index (χ0n) is 16.9. The third-order valence-corrected chi connectivity index (χ3v) is 6.74. The molecule has 4 rings (SSSR count). The molecule has 0 saturated carbocycles. The topological polar surface area (TPSA) is 46.5 Å². The molecule has 1 N–H and O–H groups in total. The maximum absolute atomic E-state index is 13.1. The number of rotatable bonds is 6.